The van der Waals surface area contributed by atoms with Crippen LogP contribution < -0.4 is 14.8 Å². The number of anilines is 1. The fraction of sp³-hybridized carbons (Fsp3) is 0.185. The number of nitrogens with one attached hydrogen (secondary N) is 1. The van der Waals surface area contributed by atoms with E-state index in [9.17, 15) is 4.79 Å². The average molecular weight is 442 g/mol. The van der Waals surface area contributed by atoms with Crippen molar-refractivity contribution in [3.8, 4) is 11.5 Å². The average Bonchev–Trinajstić information content (AvgIpc) is 3.25. The second-order valence-corrected chi connectivity index (χ2v) is 7.74. The molecule has 0 fully saturated rings. The van der Waals surface area contributed by atoms with Gasteiger partial charge in [-0.2, -0.15) is 5.10 Å². The molecule has 0 saturated carbocycles. The van der Waals surface area contributed by atoms with Gasteiger partial charge < -0.3 is 14.8 Å². The van der Waals surface area contributed by atoms with Gasteiger partial charge in [0.05, 0.1) is 13.2 Å². The largest absolute Gasteiger partial charge is 0.494 e. The van der Waals surface area contributed by atoms with Gasteiger partial charge in [-0.1, -0.05) is 42.0 Å². The van der Waals surface area contributed by atoms with Crippen molar-refractivity contribution in [3.05, 3.63) is 107 Å². The molecule has 168 valence electrons. The van der Waals surface area contributed by atoms with Gasteiger partial charge in [0.1, 0.15) is 18.1 Å². The normalized spacial score (nSPS) is 10.6. The maximum absolute atomic E-state index is 12.7. The van der Waals surface area contributed by atoms with Crippen LogP contribution in [0.5, 0.6) is 11.5 Å². The molecule has 1 heterocycles. The second kappa shape index (κ2) is 10.5. The molecule has 0 atom stereocenters. The number of ether oxygens (including phenoxy) is 2. The molecule has 0 unspecified atom stereocenters. The van der Waals surface area contributed by atoms with E-state index in [-0.39, 0.29) is 5.91 Å². The van der Waals surface area contributed by atoms with Gasteiger partial charge in [-0.05, 0) is 61.4 Å². The van der Waals surface area contributed by atoms with Crippen LogP contribution in [0.15, 0.2) is 85.1 Å². The summed E-state index contributed by atoms with van der Waals surface area (Å²) in [5.74, 6) is 1.86. The Balaban J connectivity index is 1.34. The van der Waals surface area contributed by atoms with Crippen LogP contribution in [0.25, 0.3) is 0 Å². The van der Waals surface area contributed by atoms with Crippen LogP contribution in [0.2, 0.25) is 0 Å². The Hall–Kier alpha value is -4.06. The molecule has 3 aromatic carbocycles. The topological polar surface area (TPSA) is 65.4 Å². The molecular formula is C27H27N3O3. The van der Waals surface area contributed by atoms with E-state index in [1.54, 1.807) is 12.1 Å². The smallest absolute Gasteiger partial charge is 0.256 e. The van der Waals surface area contributed by atoms with Crippen LogP contribution in [0.4, 0.5) is 5.82 Å². The minimum absolute atomic E-state index is 0.210. The molecule has 0 bridgehead atoms. The highest BCUT2D eigenvalue weighted by atomic mass is 16.5. The summed E-state index contributed by atoms with van der Waals surface area (Å²) < 4.78 is 13.1. The summed E-state index contributed by atoms with van der Waals surface area (Å²) in [6, 6.07) is 25.0. The highest BCUT2D eigenvalue weighted by Gasteiger charge is 2.09. The molecule has 6 nitrogen and oxygen atoms in total. The fourth-order valence-electron chi connectivity index (χ4n) is 3.47. The molecule has 0 aliphatic heterocycles. The number of hydrogen-bond donors (Lipinski definition) is 1. The number of carbonyl (C=O) groups excluding carboxylic acids is 1. The summed E-state index contributed by atoms with van der Waals surface area (Å²) >= 11 is 0. The molecule has 6 heteroatoms. The summed E-state index contributed by atoms with van der Waals surface area (Å²) in [6.45, 7) is 5.65. The Morgan fingerprint density at radius 2 is 1.64 bits per heavy atom. The van der Waals surface area contributed by atoms with E-state index >= 15 is 0 Å². The van der Waals surface area contributed by atoms with Crippen molar-refractivity contribution in [3.63, 3.8) is 0 Å². The van der Waals surface area contributed by atoms with Crippen molar-refractivity contribution in [2.75, 3.05) is 11.9 Å². The zero-order valence-corrected chi connectivity index (χ0v) is 18.8. The van der Waals surface area contributed by atoms with Gasteiger partial charge in [-0.15, -0.1) is 0 Å². The van der Waals surface area contributed by atoms with Crippen LogP contribution >= 0.6 is 0 Å². The highest BCUT2D eigenvalue weighted by Crippen LogP contribution is 2.19. The van der Waals surface area contributed by atoms with Gasteiger partial charge >= 0.3 is 0 Å². The van der Waals surface area contributed by atoms with Crippen LogP contribution in [0.1, 0.15) is 34.0 Å². The Bertz CT molecular complexity index is 1220. The predicted molar refractivity (Wildman–Crippen MR) is 129 cm³/mol. The lowest BCUT2D eigenvalue weighted by Crippen LogP contribution is -2.13. The van der Waals surface area contributed by atoms with Crippen molar-refractivity contribution in [1.82, 2.24) is 9.78 Å². The van der Waals surface area contributed by atoms with Crippen molar-refractivity contribution in [2.24, 2.45) is 0 Å². The lowest BCUT2D eigenvalue weighted by Gasteiger charge is -2.09. The fourth-order valence-corrected chi connectivity index (χ4v) is 3.47. The molecule has 0 aliphatic carbocycles. The summed E-state index contributed by atoms with van der Waals surface area (Å²) in [4.78, 5) is 12.7. The summed E-state index contributed by atoms with van der Waals surface area (Å²) in [7, 11) is 0. The molecule has 4 rings (SSSR count). The standard InChI is InChI=1S/C27H27N3O3/c1-3-32-24-10-12-25(13-11-24)33-19-22-8-5-9-23(17-22)27(31)28-26-14-15-30(29-26)18-21-7-4-6-20(2)16-21/h4-17H,3,18-19H2,1-2H3,(H,28,29,31). The molecule has 33 heavy (non-hydrogen) atoms. The molecule has 0 aliphatic rings. The second-order valence-electron chi connectivity index (χ2n) is 7.74. The Labute approximate surface area is 193 Å². The summed E-state index contributed by atoms with van der Waals surface area (Å²) in [5.41, 5.74) is 3.83. The number of aromatic nitrogens is 2. The van der Waals surface area contributed by atoms with Crippen molar-refractivity contribution < 1.29 is 14.3 Å². The van der Waals surface area contributed by atoms with Gasteiger partial charge in [0.15, 0.2) is 5.82 Å². The van der Waals surface area contributed by atoms with Gasteiger partial charge in [0.2, 0.25) is 0 Å². The van der Waals surface area contributed by atoms with Gasteiger partial charge in [0, 0.05) is 17.8 Å². The Morgan fingerprint density at radius 1 is 0.909 bits per heavy atom. The number of benzene rings is 3. The number of hydrogen-bond acceptors (Lipinski definition) is 4. The number of amides is 1. The third-order valence-electron chi connectivity index (χ3n) is 5.04. The Morgan fingerprint density at radius 3 is 2.39 bits per heavy atom. The third-order valence-corrected chi connectivity index (χ3v) is 5.04. The van der Waals surface area contributed by atoms with E-state index in [1.165, 1.54) is 5.56 Å². The van der Waals surface area contributed by atoms with E-state index in [4.69, 9.17) is 9.47 Å². The first-order valence-corrected chi connectivity index (χ1v) is 10.9. The van der Waals surface area contributed by atoms with Crippen LogP contribution in [-0.4, -0.2) is 22.3 Å². The zero-order valence-electron chi connectivity index (χ0n) is 18.8. The zero-order chi connectivity index (χ0) is 23.0. The van der Waals surface area contributed by atoms with Crippen molar-refractivity contribution in [1.29, 1.82) is 0 Å². The quantitative estimate of drug-likeness (QED) is 0.374. The van der Waals surface area contributed by atoms with E-state index in [0.29, 0.717) is 31.1 Å². The van der Waals surface area contributed by atoms with Crippen LogP contribution in [0, 0.1) is 6.92 Å². The summed E-state index contributed by atoms with van der Waals surface area (Å²) in [5, 5.41) is 7.34. The lowest BCUT2D eigenvalue weighted by molar-refractivity contribution is 0.102. The van der Waals surface area contributed by atoms with E-state index in [1.807, 2.05) is 66.3 Å². The molecule has 0 radical (unpaired) electrons. The lowest BCUT2D eigenvalue weighted by atomic mass is 10.1. The van der Waals surface area contributed by atoms with E-state index < -0.39 is 0 Å². The SMILES string of the molecule is CCOc1ccc(OCc2cccc(C(=O)Nc3ccn(Cc4cccc(C)c4)n3)c2)cc1. The molecule has 1 aromatic heterocycles. The number of nitrogens with zero attached hydrogens (tertiary/aromatic N) is 2. The monoisotopic (exact) mass is 441 g/mol. The Kier molecular flexibility index (Phi) is 7.05. The van der Waals surface area contributed by atoms with Crippen molar-refractivity contribution in [2.45, 2.75) is 27.0 Å². The first-order chi connectivity index (χ1) is 16.1. The highest BCUT2D eigenvalue weighted by molar-refractivity contribution is 6.03. The van der Waals surface area contributed by atoms with Crippen LogP contribution in [0.3, 0.4) is 0 Å². The van der Waals surface area contributed by atoms with Gasteiger partial charge in [-0.25, -0.2) is 0 Å². The maximum Gasteiger partial charge on any atom is 0.256 e. The van der Waals surface area contributed by atoms with E-state index in [2.05, 4.69) is 35.5 Å². The van der Waals surface area contributed by atoms with Gasteiger partial charge in [0.25, 0.3) is 5.91 Å². The molecule has 1 N–H and O–H groups in total. The minimum Gasteiger partial charge on any atom is -0.494 e. The predicted octanol–water partition coefficient (Wildman–Crippen LogP) is 5.47. The minimum atomic E-state index is -0.210. The molecule has 1 amide bonds. The van der Waals surface area contributed by atoms with E-state index in [0.717, 1.165) is 22.6 Å². The number of carbonyl (C=O) groups is 1. The first-order valence-electron chi connectivity index (χ1n) is 10.9. The summed E-state index contributed by atoms with van der Waals surface area (Å²) in [6.07, 6.45) is 1.86. The van der Waals surface area contributed by atoms with Gasteiger partial charge in [-0.3, -0.25) is 9.48 Å². The molecule has 0 saturated heterocycles. The molecule has 4 aromatic rings. The first kappa shape index (κ1) is 22.1. The molecule has 0 spiro atoms. The maximum atomic E-state index is 12.7. The molecular weight excluding hydrogens is 414 g/mol. The number of rotatable bonds is 9. The van der Waals surface area contributed by atoms with Crippen molar-refractivity contribution >= 4 is 11.7 Å². The van der Waals surface area contributed by atoms with Crippen LogP contribution in [-0.2, 0) is 13.2 Å². The number of aryl methyl sites for hydroxylation is 1. The third kappa shape index (κ3) is 6.23.